The van der Waals surface area contributed by atoms with Crippen LogP contribution in [0.5, 0.6) is 0 Å². The van der Waals surface area contributed by atoms with E-state index in [9.17, 15) is 0 Å². The van der Waals surface area contributed by atoms with Crippen molar-refractivity contribution in [3.05, 3.63) is 35.9 Å². The van der Waals surface area contributed by atoms with Crippen LogP contribution in [0, 0.1) is 0 Å². The van der Waals surface area contributed by atoms with Gasteiger partial charge in [0.1, 0.15) is 11.5 Å². The van der Waals surface area contributed by atoms with Gasteiger partial charge in [0.2, 0.25) is 0 Å². The summed E-state index contributed by atoms with van der Waals surface area (Å²) in [5.41, 5.74) is 1.60. The molecule has 0 aliphatic carbocycles. The first-order chi connectivity index (χ1) is 6.92. The molecule has 0 aromatic heterocycles. The maximum Gasteiger partial charge on any atom is 0.198 e. The second-order valence-electron chi connectivity index (χ2n) is 3.97. The number of fused-ring (bicyclic) bond motifs is 1. The average molecular weight is 259 g/mol. The zero-order valence-corrected chi connectivity index (χ0v) is 11.0. The molecule has 2 aliphatic rings. The molecule has 3 heteroatoms. The van der Waals surface area contributed by atoms with Crippen LogP contribution in [-0.2, 0) is 15.0 Å². The molecule has 1 aromatic carbocycles. The zero-order chi connectivity index (χ0) is 9.43. The standard InChI is InChI=1S/C12H15S2.ClH/c1-2-5-11(6-3-1)12-7-4-9-14(12)10-8-13-12;/h1-3,5-6H,4,7-10H2;1H/q+1;/p-1. The van der Waals surface area contributed by atoms with Gasteiger partial charge in [0.05, 0.1) is 0 Å². The lowest BCUT2D eigenvalue weighted by Gasteiger charge is -2.20. The number of rotatable bonds is 1. The van der Waals surface area contributed by atoms with E-state index >= 15 is 0 Å². The summed E-state index contributed by atoms with van der Waals surface area (Å²) in [5.74, 6) is 4.35. The van der Waals surface area contributed by atoms with E-state index in [1.165, 1.54) is 30.1 Å². The molecule has 2 atom stereocenters. The quantitative estimate of drug-likeness (QED) is 0.640. The van der Waals surface area contributed by atoms with Gasteiger partial charge in [-0.3, -0.25) is 0 Å². The van der Waals surface area contributed by atoms with Crippen molar-refractivity contribution >= 4 is 22.7 Å². The minimum absolute atomic E-state index is 0. The summed E-state index contributed by atoms with van der Waals surface area (Å²) in [4.78, 5) is 0. The molecule has 1 aromatic rings. The predicted molar refractivity (Wildman–Crippen MR) is 66.9 cm³/mol. The Kier molecular flexibility index (Phi) is 3.59. The van der Waals surface area contributed by atoms with Crippen LogP contribution >= 0.6 is 11.8 Å². The van der Waals surface area contributed by atoms with Crippen LogP contribution < -0.4 is 12.4 Å². The van der Waals surface area contributed by atoms with E-state index < -0.39 is 0 Å². The highest BCUT2D eigenvalue weighted by molar-refractivity contribution is 8.19. The first-order valence-electron chi connectivity index (χ1n) is 5.29. The maximum absolute atomic E-state index is 2.34. The molecular formula is C12H15ClS2. The molecule has 0 saturated carbocycles. The fourth-order valence-electron chi connectivity index (χ4n) is 2.60. The Bertz CT molecular complexity index is 316. The molecule has 2 unspecified atom stereocenters. The Morgan fingerprint density at radius 2 is 1.93 bits per heavy atom. The van der Waals surface area contributed by atoms with Crippen LogP contribution in [0.2, 0.25) is 0 Å². The van der Waals surface area contributed by atoms with E-state index in [-0.39, 0.29) is 12.4 Å². The van der Waals surface area contributed by atoms with E-state index in [4.69, 9.17) is 0 Å². The fourth-order valence-corrected chi connectivity index (χ4v) is 8.34. The number of hydrogen-bond donors (Lipinski definition) is 0. The summed E-state index contributed by atoms with van der Waals surface area (Å²) in [6.45, 7) is 0. The van der Waals surface area contributed by atoms with E-state index in [0.29, 0.717) is 15.0 Å². The van der Waals surface area contributed by atoms with Gasteiger partial charge in [-0.1, -0.05) is 42.1 Å². The second kappa shape index (κ2) is 4.60. The lowest BCUT2D eigenvalue weighted by molar-refractivity contribution is -0.00000268. The summed E-state index contributed by atoms with van der Waals surface area (Å²) < 4.78 is 0.543. The molecule has 15 heavy (non-hydrogen) atoms. The molecule has 2 fully saturated rings. The first kappa shape index (κ1) is 11.7. The highest BCUT2D eigenvalue weighted by atomic mass is 35.5. The summed E-state index contributed by atoms with van der Waals surface area (Å²) in [6.07, 6.45) is 2.87. The monoisotopic (exact) mass is 258 g/mol. The Labute approximate surface area is 105 Å². The van der Waals surface area contributed by atoms with Crippen molar-refractivity contribution < 1.29 is 12.4 Å². The molecule has 2 aliphatic heterocycles. The third-order valence-electron chi connectivity index (χ3n) is 3.24. The van der Waals surface area contributed by atoms with Gasteiger partial charge in [-0.15, -0.1) is 0 Å². The molecule has 3 rings (SSSR count). The van der Waals surface area contributed by atoms with Gasteiger partial charge in [0.15, 0.2) is 4.08 Å². The highest BCUT2D eigenvalue weighted by Gasteiger charge is 2.56. The lowest BCUT2D eigenvalue weighted by Crippen LogP contribution is -3.00. The predicted octanol–water partition coefficient (Wildman–Crippen LogP) is 0.00230. The van der Waals surface area contributed by atoms with Crippen molar-refractivity contribution in [1.29, 1.82) is 0 Å². The van der Waals surface area contributed by atoms with Crippen LogP contribution in [0.4, 0.5) is 0 Å². The molecule has 0 bridgehead atoms. The van der Waals surface area contributed by atoms with E-state index in [2.05, 4.69) is 42.1 Å². The van der Waals surface area contributed by atoms with Gasteiger partial charge in [-0.05, 0) is 6.42 Å². The molecule has 0 nitrogen and oxygen atoms in total. The molecule has 0 N–H and O–H groups in total. The largest absolute Gasteiger partial charge is 1.00 e. The average Bonchev–Trinajstić information content (AvgIpc) is 2.77. The number of benzene rings is 1. The van der Waals surface area contributed by atoms with Gasteiger partial charge < -0.3 is 12.4 Å². The van der Waals surface area contributed by atoms with Crippen LogP contribution in [0.15, 0.2) is 30.3 Å². The Morgan fingerprint density at radius 3 is 2.73 bits per heavy atom. The Balaban J connectivity index is 0.000000853. The zero-order valence-electron chi connectivity index (χ0n) is 8.62. The topological polar surface area (TPSA) is 0 Å². The van der Waals surface area contributed by atoms with Crippen molar-refractivity contribution in [2.45, 2.75) is 16.9 Å². The van der Waals surface area contributed by atoms with Gasteiger partial charge in [0.25, 0.3) is 0 Å². The lowest BCUT2D eigenvalue weighted by atomic mass is 10.1. The van der Waals surface area contributed by atoms with Crippen molar-refractivity contribution in [2.75, 3.05) is 17.3 Å². The molecule has 0 spiro atoms. The van der Waals surface area contributed by atoms with Crippen LogP contribution in [0.25, 0.3) is 0 Å². The van der Waals surface area contributed by atoms with Crippen LogP contribution in [0.3, 0.4) is 0 Å². The molecular weight excluding hydrogens is 244 g/mol. The second-order valence-corrected chi connectivity index (χ2v) is 8.12. The van der Waals surface area contributed by atoms with Crippen LogP contribution in [0.1, 0.15) is 18.4 Å². The minimum Gasteiger partial charge on any atom is -1.00 e. The smallest absolute Gasteiger partial charge is 0.198 e. The normalized spacial score (nSPS) is 33.5. The third kappa shape index (κ3) is 1.81. The summed E-state index contributed by atoms with van der Waals surface area (Å²) in [6, 6.07) is 11.2. The third-order valence-corrected chi connectivity index (χ3v) is 8.73. The fraction of sp³-hybridized carbons (Fsp3) is 0.500. The Morgan fingerprint density at radius 1 is 1.13 bits per heavy atom. The number of thioether (sulfide) groups is 1. The van der Waals surface area contributed by atoms with Gasteiger partial charge in [0, 0.05) is 28.6 Å². The summed E-state index contributed by atoms with van der Waals surface area (Å²) in [5, 5.41) is 0. The molecule has 2 heterocycles. The van der Waals surface area contributed by atoms with Gasteiger partial charge in [-0.2, -0.15) is 0 Å². The summed E-state index contributed by atoms with van der Waals surface area (Å²) >= 11 is 2.23. The van der Waals surface area contributed by atoms with Crippen molar-refractivity contribution in [2.24, 2.45) is 0 Å². The molecule has 82 valence electrons. The van der Waals surface area contributed by atoms with E-state index in [1.54, 1.807) is 5.56 Å². The molecule has 0 radical (unpaired) electrons. The highest BCUT2D eigenvalue weighted by Crippen LogP contribution is 2.55. The van der Waals surface area contributed by atoms with Crippen LogP contribution in [-0.4, -0.2) is 17.3 Å². The van der Waals surface area contributed by atoms with Crippen molar-refractivity contribution in [1.82, 2.24) is 0 Å². The van der Waals surface area contributed by atoms with Gasteiger partial charge in [-0.25, -0.2) is 0 Å². The number of hydrogen-bond acceptors (Lipinski definition) is 1. The van der Waals surface area contributed by atoms with Crippen molar-refractivity contribution in [3.8, 4) is 0 Å². The molecule has 2 saturated heterocycles. The minimum atomic E-state index is 0. The number of halogens is 1. The SMILES string of the molecule is [Cl-].c1ccc(C23CCC[S+]2CCS3)cc1. The first-order valence-corrected chi connectivity index (χ1v) is 7.84. The van der Waals surface area contributed by atoms with Gasteiger partial charge >= 0.3 is 0 Å². The van der Waals surface area contributed by atoms with E-state index in [1.807, 2.05) is 0 Å². The van der Waals surface area contributed by atoms with Crippen molar-refractivity contribution in [3.63, 3.8) is 0 Å². The summed E-state index contributed by atoms with van der Waals surface area (Å²) in [7, 11) is 0.685. The molecule has 0 amide bonds. The maximum atomic E-state index is 2.34. The van der Waals surface area contributed by atoms with E-state index in [0.717, 1.165) is 0 Å². The Hall–Kier alpha value is 0.210.